The number of rotatable bonds is 8. The number of hydrogen-bond acceptors (Lipinski definition) is 4. The average molecular weight is 433 g/mol. The van der Waals surface area contributed by atoms with Crippen LogP contribution in [0.3, 0.4) is 0 Å². The number of benzene rings is 2. The molecule has 4 rings (SSSR count). The smallest absolute Gasteiger partial charge is 0.191 e. The van der Waals surface area contributed by atoms with Crippen LogP contribution >= 0.6 is 0 Å². The number of aromatic nitrogens is 1. The number of pyridine rings is 1. The molecule has 1 aromatic heterocycles. The van der Waals surface area contributed by atoms with Crippen molar-refractivity contribution in [3.05, 3.63) is 71.4 Å². The molecule has 6 nitrogen and oxygen atoms in total. The number of nitrogens with zero attached hydrogens (tertiary/aromatic N) is 2. The van der Waals surface area contributed by atoms with E-state index in [9.17, 15) is 0 Å². The number of hydrogen-bond donors (Lipinski definition) is 2. The van der Waals surface area contributed by atoms with E-state index in [4.69, 9.17) is 14.5 Å². The highest BCUT2D eigenvalue weighted by molar-refractivity contribution is 5.83. The third-order valence-electron chi connectivity index (χ3n) is 5.64. The molecule has 0 spiro atoms. The molecule has 1 aliphatic heterocycles. The summed E-state index contributed by atoms with van der Waals surface area (Å²) < 4.78 is 11.6. The van der Waals surface area contributed by atoms with Crippen molar-refractivity contribution in [1.29, 1.82) is 0 Å². The minimum Gasteiger partial charge on any atom is -0.493 e. The maximum absolute atomic E-state index is 6.17. The van der Waals surface area contributed by atoms with Gasteiger partial charge < -0.3 is 20.1 Å². The SMILES string of the molecule is CCNC(=NCc1ccc(C)cc1OCC1CCOC1)NCc1cccc2cccnc12. The number of para-hydroxylation sites is 1. The second kappa shape index (κ2) is 11.0. The Morgan fingerprint density at radius 3 is 2.91 bits per heavy atom. The molecular weight excluding hydrogens is 400 g/mol. The second-order valence-corrected chi connectivity index (χ2v) is 8.19. The van der Waals surface area contributed by atoms with E-state index in [0.717, 1.165) is 59.9 Å². The van der Waals surface area contributed by atoms with E-state index >= 15 is 0 Å². The summed E-state index contributed by atoms with van der Waals surface area (Å²) >= 11 is 0. The van der Waals surface area contributed by atoms with Crippen LogP contribution in [0.4, 0.5) is 0 Å². The molecule has 3 aromatic rings. The van der Waals surface area contributed by atoms with Crippen molar-refractivity contribution in [2.24, 2.45) is 10.9 Å². The van der Waals surface area contributed by atoms with Crippen LogP contribution in [0.5, 0.6) is 5.75 Å². The lowest BCUT2D eigenvalue weighted by Gasteiger charge is -2.15. The van der Waals surface area contributed by atoms with Crippen molar-refractivity contribution in [2.75, 3.05) is 26.4 Å². The summed E-state index contributed by atoms with van der Waals surface area (Å²) in [6.45, 7) is 8.45. The third-order valence-corrected chi connectivity index (χ3v) is 5.64. The highest BCUT2D eigenvalue weighted by atomic mass is 16.5. The maximum atomic E-state index is 6.17. The first-order valence-electron chi connectivity index (χ1n) is 11.4. The lowest BCUT2D eigenvalue weighted by atomic mass is 10.1. The molecule has 1 aliphatic rings. The Morgan fingerprint density at radius 2 is 2.06 bits per heavy atom. The highest BCUT2D eigenvalue weighted by Gasteiger charge is 2.17. The van der Waals surface area contributed by atoms with Crippen molar-refractivity contribution >= 4 is 16.9 Å². The molecule has 1 saturated heterocycles. The molecule has 1 fully saturated rings. The summed E-state index contributed by atoms with van der Waals surface area (Å²) in [7, 11) is 0. The largest absolute Gasteiger partial charge is 0.493 e. The zero-order valence-corrected chi connectivity index (χ0v) is 18.9. The maximum Gasteiger partial charge on any atom is 0.191 e. The standard InChI is InChI=1S/C26H32N4O2/c1-3-27-26(30-16-23-7-4-6-21-8-5-12-28-25(21)23)29-15-22-10-9-19(2)14-24(22)32-18-20-11-13-31-17-20/h4-10,12,14,20H,3,11,13,15-18H2,1-2H3,(H2,27,29,30). The normalized spacial score (nSPS) is 16.3. The Morgan fingerprint density at radius 1 is 1.16 bits per heavy atom. The topological polar surface area (TPSA) is 67.8 Å². The van der Waals surface area contributed by atoms with Gasteiger partial charge in [0.2, 0.25) is 0 Å². The quantitative estimate of drug-likeness (QED) is 0.412. The van der Waals surface area contributed by atoms with E-state index in [1.54, 1.807) is 0 Å². The summed E-state index contributed by atoms with van der Waals surface area (Å²) in [5.74, 6) is 2.16. The van der Waals surface area contributed by atoms with Crippen molar-refractivity contribution in [2.45, 2.75) is 33.4 Å². The summed E-state index contributed by atoms with van der Waals surface area (Å²) in [4.78, 5) is 9.36. The average Bonchev–Trinajstić information content (AvgIpc) is 3.34. The Hall–Kier alpha value is -3.12. The minimum absolute atomic E-state index is 0.472. The molecule has 0 radical (unpaired) electrons. The van der Waals surface area contributed by atoms with E-state index < -0.39 is 0 Å². The second-order valence-electron chi connectivity index (χ2n) is 8.19. The molecule has 6 heteroatoms. The number of aryl methyl sites for hydroxylation is 1. The Kier molecular flexibility index (Phi) is 7.56. The first-order valence-corrected chi connectivity index (χ1v) is 11.4. The molecule has 1 unspecified atom stereocenters. The van der Waals surface area contributed by atoms with Crippen LogP contribution in [0, 0.1) is 12.8 Å². The van der Waals surface area contributed by atoms with Gasteiger partial charge in [-0.1, -0.05) is 36.4 Å². The Labute approximate surface area is 190 Å². The lowest BCUT2D eigenvalue weighted by molar-refractivity contribution is 0.166. The molecule has 0 amide bonds. The summed E-state index contributed by atoms with van der Waals surface area (Å²) in [6, 6.07) is 16.6. The van der Waals surface area contributed by atoms with Crippen molar-refractivity contribution in [3.63, 3.8) is 0 Å². The van der Waals surface area contributed by atoms with Gasteiger partial charge in [0.15, 0.2) is 5.96 Å². The van der Waals surface area contributed by atoms with E-state index in [-0.39, 0.29) is 0 Å². The summed E-state index contributed by atoms with van der Waals surface area (Å²) in [5.41, 5.74) is 4.43. The van der Waals surface area contributed by atoms with Gasteiger partial charge in [-0.05, 0) is 43.5 Å². The van der Waals surface area contributed by atoms with Gasteiger partial charge in [0.1, 0.15) is 5.75 Å². The summed E-state index contributed by atoms with van der Waals surface area (Å²) in [6.07, 6.45) is 2.90. The zero-order valence-electron chi connectivity index (χ0n) is 18.9. The predicted octanol–water partition coefficient (Wildman–Crippen LogP) is 4.21. The Balaban J connectivity index is 1.44. The number of fused-ring (bicyclic) bond motifs is 1. The van der Waals surface area contributed by atoms with Crippen LogP contribution in [0.2, 0.25) is 0 Å². The molecule has 2 N–H and O–H groups in total. The fourth-order valence-electron chi connectivity index (χ4n) is 3.84. The van der Waals surface area contributed by atoms with E-state index in [1.165, 1.54) is 5.56 Å². The van der Waals surface area contributed by atoms with Gasteiger partial charge >= 0.3 is 0 Å². The predicted molar refractivity (Wildman–Crippen MR) is 129 cm³/mol. The van der Waals surface area contributed by atoms with E-state index in [0.29, 0.717) is 25.6 Å². The van der Waals surface area contributed by atoms with Crippen molar-refractivity contribution < 1.29 is 9.47 Å². The van der Waals surface area contributed by atoms with Crippen LogP contribution in [-0.4, -0.2) is 37.3 Å². The molecule has 2 heterocycles. The summed E-state index contributed by atoms with van der Waals surface area (Å²) in [5, 5.41) is 7.93. The molecule has 2 aromatic carbocycles. The fourth-order valence-corrected chi connectivity index (χ4v) is 3.84. The minimum atomic E-state index is 0.472. The van der Waals surface area contributed by atoms with Crippen LogP contribution in [0.1, 0.15) is 30.0 Å². The number of aliphatic imine (C=N–C) groups is 1. The van der Waals surface area contributed by atoms with Gasteiger partial charge in [0.25, 0.3) is 0 Å². The Bertz CT molecular complexity index is 1060. The van der Waals surface area contributed by atoms with Crippen LogP contribution in [0.25, 0.3) is 10.9 Å². The number of guanidine groups is 1. The van der Waals surface area contributed by atoms with Crippen LogP contribution in [0.15, 0.2) is 59.7 Å². The van der Waals surface area contributed by atoms with Gasteiger partial charge in [0, 0.05) is 42.8 Å². The monoisotopic (exact) mass is 432 g/mol. The van der Waals surface area contributed by atoms with E-state index in [2.05, 4.69) is 71.9 Å². The number of ether oxygens (including phenoxy) is 2. The first-order chi connectivity index (χ1) is 15.7. The molecule has 0 aliphatic carbocycles. The van der Waals surface area contributed by atoms with Crippen molar-refractivity contribution in [1.82, 2.24) is 15.6 Å². The fraction of sp³-hybridized carbons (Fsp3) is 0.385. The van der Waals surface area contributed by atoms with Gasteiger partial charge in [-0.3, -0.25) is 4.98 Å². The van der Waals surface area contributed by atoms with Crippen LogP contribution in [-0.2, 0) is 17.8 Å². The van der Waals surface area contributed by atoms with E-state index in [1.807, 2.05) is 12.3 Å². The molecule has 0 bridgehead atoms. The van der Waals surface area contributed by atoms with Gasteiger partial charge in [-0.15, -0.1) is 0 Å². The number of nitrogens with one attached hydrogen (secondary N) is 2. The lowest BCUT2D eigenvalue weighted by Crippen LogP contribution is -2.36. The van der Waals surface area contributed by atoms with Crippen molar-refractivity contribution in [3.8, 4) is 5.75 Å². The molecule has 0 saturated carbocycles. The molecule has 168 valence electrons. The van der Waals surface area contributed by atoms with Gasteiger partial charge in [-0.25, -0.2) is 4.99 Å². The van der Waals surface area contributed by atoms with Gasteiger partial charge in [-0.2, -0.15) is 0 Å². The molecule has 32 heavy (non-hydrogen) atoms. The highest BCUT2D eigenvalue weighted by Crippen LogP contribution is 2.23. The zero-order chi connectivity index (χ0) is 22.2. The molecular formula is C26H32N4O2. The van der Waals surface area contributed by atoms with Gasteiger partial charge in [0.05, 0.1) is 25.3 Å². The molecule has 1 atom stereocenters. The van der Waals surface area contributed by atoms with Crippen LogP contribution < -0.4 is 15.4 Å². The third kappa shape index (κ3) is 5.77. The first kappa shape index (κ1) is 22.1.